The van der Waals surface area contributed by atoms with Crippen molar-refractivity contribution in [1.29, 1.82) is 0 Å². The summed E-state index contributed by atoms with van der Waals surface area (Å²) in [5, 5.41) is 18.2. The number of ether oxygens (including phenoxy) is 1. The molecule has 0 radical (unpaired) electrons. The molecule has 0 aromatic carbocycles. The molecule has 154 valence electrons. The van der Waals surface area contributed by atoms with E-state index in [0.29, 0.717) is 13.1 Å². The summed E-state index contributed by atoms with van der Waals surface area (Å²) in [5.74, 6) is 0. The van der Waals surface area contributed by atoms with E-state index in [1.54, 1.807) is 0 Å². The molecule has 0 fully saturated rings. The molecule has 0 aliphatic rings. The van der Waals surface area contributed by atoms with Gasteiger partial charge in [-0.2, -0.15) is 0 Å². The van der Waals surface area contributed by atoms with E-state index in [9.17, 15) is 0 Å². The molecule has 4 nitrogen and oxygen atoms in total. The lowest BCUT2D eigenvalue weighted by atomic mass is 10.1. The highest BCUT2D eigenvalue weighted by Crippen LogP contribution is 2.10. The van der Waals surface area contributed by atoms with Crippen molar-refractivity contribution < 1.29 is 31.8 Å². The van der Waals surface area contributed by atoms with Crippen molar-refractivity contribution in [3.8, 4) is 0 Å². The Labute approximate surface area is 162 Å². The second-order valence-electron chi connectivity index (χ2n) is 7.39. The zero-order valence-corrected chi connectivity index (χ0v) is 17.6. The first-order chi connectivity index (χ1) is 11.7. The Bertz CT molecular complexity index is 249. The van der Waals surface area contributed by atoms with Crippen LogP contribution in [0.25, 0.3) is 0 Å². The molecular formula is C20H44ClNO3. The van der Waals surface area contributed by atoms with Gasteiger partial charge in [-0.3, -0.25) is 0 Å². The van der Waals surface area contributed by atoms with Crippen LogP contribution in [-0.2, 0) is 4.74 Å². The quantitative estimate of drug-likeness (QED) is 0.256. The third-order valence-electron chi connectivity index (χ3n) is 4.91. The molecular weight excluding hydrogens is 338 g/mol. The predicted molar refractivity (Wildman–Crippen MR) is 102 cm³/mol. The maximum atomic E-state index is 9.12. The van der Waals surface area contributed by atoms with Gasteiger partial charge in [-0.25, -0.2) is 0 Å². The average Bonchev–Trinajstić information content (AvgIpc) is 2.55. The standard InChI is InChI=1S/C20H44NO3.ClH/c1-3-4-5-6-7-8-9-10-11-12-19-24-20-13-14-21(2,15-17-22)16-18-23;/h22-23H,3-20H2,1-2H3;1H/q+1;/p-1. The van der Waals surface area contributed by atoms with Crippen LogP contribution in [0, 0.1) is 0 Å². The van der Waals surface area contributed by atoms with Crippen molar-refractivity contribution in [2.45, 2.75) is 77.6 Å². The molecule has 25 heavy (non-hydrogen) atoms. The van der Waals surface area contributed by atoms with Crippen LogP contribution in [0.1, 0.15) is 77.6 Å². The molecule has 0 saturated carbocycles. The highest BCUT2D eigenvalue weighted by molar-refractivity contribution is 4.48. The van der Waals surface area contributed by atoms with Crippen molar-refractivity contribution in [1.82, 2.24) is 0 Å². The van der Waals surface area contributed by atoms with E-state index in [4.69, 9.17) is 14.9 Å². The Morgan fingerprint density at radius 1 is 0.640 bits per heavy atom. The van der Waals surface area contributed by atoms with Crippen LogP contribution in [0.2, 0.25) is 0 Å². The van der Waals surface area contributed by atoms with E-state index in [1.165, 1.54) is 64.2 Å². The van der Waals surface area contributed by atoms with Gasteiger partial charge in [-0.15, -0.1) is 0 Å². The molecule has 0 aromatic rings. The second-order valence-corrected chi connectivity index (χ2v) is 7.39. The summed E-state index contributed by atoms with van der Waals surface area (Å²) in [6.45, 7) is 6.66. The van der Waals surface area contributed by atoms with E-state index in [2.05, 4.69) is 14.0 Å². The Morgan fingerprint density at radius 3 is 1.56 bits per heavy atom. The second kappa shape index (κ2) is 20.4. The summed E-state index contributed by atoms with van der Waals surface area (Å²) in [5.41, 5.74) is 0. The highest BCUT2D eigenvalue weighted by atomic mass is 35.5. The first-order valence-electron chi connectivity index (χ1n) is 10.3. The molecule has 0 aliphatic heterocycles. The number of aliphatic hydroxyl groups is 2. The minimum Gasteiger partial charge on any atom is -1.00 e. The molecule has 2 N–H and O–H groups in total. The molecule has 0 amide bonds. The highest BCUT2D eigenvalue weighted by Gasteiger charge is 2.19. The van der Waals surface area contributed by atoms with E-state index >= 15 is 0 Å². The Kier molecular flexibility index (Phi) is 22.4. The zero-order chi connectivity index (χ0) is 17.9. The topological polar surface area (TPSA) is 49.7 Å². The fraction of sp³-hybridized carbons (Fsp3) is 1.00. The van der Waals surface area contributed by atoms with Crippen LogP contribution in [0.5, 0.6) is 0 Å². The number of halogens is 1. The van der Waals surface area contributed by atoms with Crippen molar-refractivity contribution >= 4 is 0 Å². The van der Waals surface area contributed by atoms with E-state index in [0.717, 1.165) is 30.7 Å². The van der Waals surface area contributed by atoms with Crippen molar-refractivity contribution in [2.75, 3.05) is 53.1 Å². The largest absolute Gasteiger partial charge is 1.00 e. The van der Waals surface area contributed by atoms with Gasteiger partial charge in [-0.05, 0) is 6.42 Å². The first kappa shape index (κ1) is 27.3. The third kappa shape index (κ3) is 18.7. The van der Waals surface area contributed by atoms with Crippen LogP contribution in [0.4, 0.5) is 0 Å². The minimum atomic E-state index is 0. The molecule has 0 spiro atoms. The molecule has 5 heteroatoms. The summed E-state index contributed by atoms with van der Waals surface area (Å²) in [6, 6.07) is 0. The third-order valence-corrected chi connectivity index (χ3v) is 4.91. The predicted octanol–water partition coefficient (Wildman–Crippen LogP) is 0.749. The summed E-state index contributed by atoms with van der Waals surface area (Å²) in [4.78, 5) is 0. The van der Waals surface area contributed by atoms with Gasteiger partial charge in [0.25, 0.3) is 0 Å². The van der Waals surface area contributed by atoms with Crippen LogP contribution in [-0.4, -0.2) is 67.8 Å². The lowest BCUT2D eigenvalue weighted by Gasteiger charge is -2.33. The van der Waals surface area contributed by atoms with Crippen LogP contribution in [0.3, 0.4) is 0 Å². The zero-order valence-electron chi connectivity index (χ0n) is 16.9. The maximum absolute atomic E-state index is 9.12. The van der Waals surface area contributed by atoms with Crippen LogP contribution >= 0.6 is 0 Å². The molecule has 0 aromatic heterocycles. The number of aliphatic hydroxyl groups excluding tert-OH is 2. The Hall–Kier alpha value is 0.130. The summed E-state index contributed by atoms with van der Waals surface area (Å²) in [6.07, 6.45) is 14.6. The van der Waals surface area contributed by atoms with Crippen LogP contribution in [0.15, 0.2) is 0 Å². The van der Waals surface area contributed by atoms with Gasteiger partial charge in [0, 0.05) is 13.0 Å². The molecule has 0 aliphatic carbocycles. The van der Waals surface area contributed by atoms with E-state index in [1.807, 2.05) is 0 Å². The monoisotopic (exact) mass is 381 g/mol. The van der Waals surface area contributed by atoms with Crippen molar-refractivity contribution in [3.05, 3.63) is 0 Å². The van der Waals surface area contributed by atoms with E-state index in [-0.39, 0.29) is 25.6 Å². The minimum absolute atomic E-state index is 0. The summed E-state index contributed by atoms with van der Waals surface area (Å²) in [7, 11) is 2.09. The molecule has 0 atom stereocenters. The lowest BCUT2D eigenvalue weighted by Crippen LogP contribution is -3.00. The lowest BCUT2D eigenvalue weighted by molar-refractivity contribution is -0.910. The van der Waals surface area contributed by atoms with Crippen molar-refractivity contribution in [2.24, 2.45) is 0 Å². The van der Waals surface area contributed by atoms with Gasteiger partial charge in [-0.1, -0.05) is 64.7 Å². The van der Waals surface area contributed by atoms with Gasteiger partial charge in [0.2, 0.25) is 0 Å². The fourth-order valence-electron chi connectivity index (χ4n) is 3.16. The smallest absolute Gasteiger partial charge is 0.102 e. The number of quaternary nitrogens is 1. The number of nitrogens with zero attached hydrogens (tertiary/aromatic N) is 1. The number of hydrogen-bond donors (Lipinski definition) is 2. The summed E-state index contributed by atoms with van der Waals surface area (Å²) < 4.78 is 6.45. The average molecular weight is 382 g/mol. The number of hydrogen-bond acceptors (Lipinski definition) is 3. The van der Waals surface area contributed by atoms with Gasteiger partial charge in [0.1, 0.15) is 13.1 Å². The molecule has 0 bridgehead atoms. The van der Waals surface area contributed by atoms with E-state index < -0.39 is 0 Å². The number of likely N-dealkylation sites (N-methyl/N-ethyl adjacent to an activating group) is 1. The maximum Gasteiger partial charge on any atom is 0.102 e. The van der Waals surface area contributed by atoms with Crippen LogP contribution < -0.4 is 12.4 Å². The Balaban J connectivity index is 0. The van der Waals surface area contributed by atoms with Gasteiger partial charge >= 0.3 is 0 Å². The Morgan fingerprint density at radius 2 is 1.08 bits per heavy atom. The fourth-order valence-corrected chi connectivity index (χ4v) is 3.16. The molecule has 0 saturated heterocycles. The molecule has 0 rings (SSSR count). The van der Waals surface area contributed by atoms with Gasteiger partial charge in [0.15, 0.2) is 0 Å². The number of rotatable bonds is 19. The van der Waals surface area contributed by atoms with Gasteiger partial charge in [0.05, 0.1) is 33.4 Å². The first-order valence-corrected chi connectivity index (χ1v) is 10.3. The molecule has 0 heterocycles. The number of unbranched alkanes of at least 4 members (excludes halogenated alkanes) is 9. The normalized spacial score (nSPS) is 11.5. The van der Waals surface area contributed by atoms with Gasteiger partial charge < -0.3 is 31.8 Å². The van der Waals surface area contributed by atoms with Crippen molar-refractivity contribution in [3.63, 3.8) is 0 Å². The summed E-state index contributed by atoms with van der Waals surface area (Å²) >= 11 is 0. The molecule has 0 unspecified atom stereocenters. The SMILES string of the molecule is CCCCCCCCCCCCOCCC[N+](C)(CCO)CCO.[Cl-].